The fraction of sp³-hybridized carbons (Fsp3) is 0.750. The van der Waals surface area contributed by atoms with Crippen molar-refractivity contribution < 1.29 is 5.11 Å². The third-order valence-electron chi connectivity index (χ3n) is 3.77. The minimum absolute atomic E-state index is 0.0972. The molecule has 1 aromatic heterocycles. The molecule has 3 nitrogen and oxygen atoms in total. The molecule has 0 amide bonds. The summed E-state index contributed by atoms with van der Waals surface area (Å²) in [5.74, 6) is 2.20. The summed E-state index contributed by atoms with van der Waals surface area (Å²) in [5, 5.41) is 9.70. The molecule has 0 radical (unpaired) electrons. The van der Waals surface area contributed by atoms with Crippen LogP contribution < -0.4 is 0 Å². The van der Waals surface area contributed by atoms with Gasteiger partial charge in [-0.3, -0.25) is 0 Å². The van der Waals surface area contributed by atoms with Crippen molar-refractivity contribution in [3.8, 4) is 0 Å². The van der Waals surface area contributed by atoms with E-state index in [0.29, 0.717) is 11.8 Å². The van der Waals surface area contributed by atoms with Gasteiger partial charge >= 0.3 is 0 Å². The first kappa shape index (κ1) is 10.7. The van der Waals surface area contributed by atoms with E-state index >= 15 is 0 Å². The monoisotopic (exact) mass is 208 g/mol. The second kappa shape index (κ2) is 4.35. The number of hydrogen-bond donors (Lipinski definition) is 1. The normalized spacial score (nSPS) is 31.0. The van der Waals surface area contributed by atoms with Crippen molar-refractivity contribution in [3.63, 3.8) is 0 Å². The minimum atomic E-state index is -0.0972. The molecule has 3 heteroatoms. The Kier molecular flexibility index (Phi) is 3.10. The van der Waals surface area contributed by atoms with E-state index in [1.807, 2.05) is 12.4 Å². The molecule has 0 aliphatic heterocycles. The summed E-state index contributed by atoms with van der Waals surface area (Å²) in [6.45, 7) is 5.28. The lowest BCUT2D eigenvalue weighted by atomic mass is 9.93. The number of aromatic nitrogens is 2. The zero-order valence-corrected chi connectivity index (χ0v) is 9.56. The average molecular weight is 208 g/mol. The Morgan fingerprint density at radius 1 is 1.53 bits per heavy atom. The first-order valence-corrected chi connectivity index (χ1v) is 5.90. The van der Waals surface area contributed by atoms with Crippen LogP contribution in [0.1, 0.15) is 32.5 Å². The molecule has 0 aromatic carbocycles. The highest BCUT2D eigenvalue weighted by atomic mass is 16.3. The minimum Gasteiger partial charge on any atom is -0.393 e. The zero-order valence-electron chi connectivity index (χ0n) is 9.56. The van der Waals surface area contributed by atoms with Crippen LogP contribution in [0.3, 0.4) is 0 Å². The Labute approximate surface area is 91.1 Å². The molecule has 1 fully saturated rings. The van der Waals surface area contributed by atoms with Crippen LogP contribution in [0.5, 0.6) is 0 Å². The first-order valence-electron chi connectivity index (χ1n) is 5.90. The predicted octanol–water partition coefficient (Wildman–Crippen LogP) is 1.85. The van der Waals surface area contributed by atoms with Crippen molar-refractivity contribution in [2.24, 2.45) is 11.8 Å². The van der Waals surface area contributed by atoms with Gasteiger partial charge in [0.2, 0.25) is 0 Å². The molecule has 84 valence electrons. The Morgan fingerprint density at radius 3 is 2.93 bits per heavy atom. The van der Waals surface area contributed by atoms with E-state index in [0.717, 1.165) is 25.8 Å². The zero-order chi connectivity index (χ0) is 10.8. The lowest BCUT2D eigenvalue weighted by Crippen LogP contribution is -2.18. The topological polar surface area (TPSA) is 38.0 Å². The van der Waals surface area contributed by atoms with E-state index in [2.05, 4.69) is 23.4 Å². The number of hydrogen-bond acceptors (Lipinski definition) is 2. The fourth-order valence-corrected chi connectivity index (χ4v) is 2.57. The number of imidazole rings is 1. The van der Waals surface area contributed by atoms with Crippen molar-refractivity contribution in [1.29, 1.82) is 0 Å². The number of aryl methyl sites for hydroxylation is 1. The van der Waals surface area contributed by atoms with Crippen LogP contribution in [0.2, 0.25) is 0 Å². The van der Waals surface area contributed by atoms with E-state index in [9.17, 15) is 5.11 Å². The Morgan fingerprint density at radius 2 is 2.33 bits per heavy atom. The van der Waals surface area contributed by atoms with Crippen molar-refractivity contribution in [3.05, 3.63) is 18.2 Å². The molecule has 0 spiro atoms. The summed E-state index contributed by atoms with van der Waals surface area (Å²) in [5.41, 5.74) is 0. The summed E-state index contributed by atoms with van der Waals surface area (Å²) in [7, 11) is 0. The van der Waals surface area contributed by atoms with E-state index in [-0.39, 0.29) is 6.10 Å². The SMILES string of the molecule is CCn1ccnc1CC1CCC(O)C1C. The van der Waals surface area contributed by atoms with Gasteiger partial charge in [0.1, 0.15) is 5.82 Å². The summed E-state index contributed by atoms with van der Waals surface area (Å²) < 4.78 is 2.19. The molecular weight excluding hydrogens is 188 g/mol. The van der Waals surface area contributed by atoms with Gasteiger partial charge in [0.25, 0.3) is 0 Å². The number of aliphatic hydroxyl groups excluding tert-OH is 1. The summed E-state index contributed by atoms with van der Waals surface area (Å²) in [4.78, 5) is 4.39. The Balaban J connectivity index is 2.03. The summed E-state index contributed by atoms with van der Waals surface area (Å²) >= 11 is 0. The molecular formula is C12H20N2O. The third kappa shape index (κ3) is 2.07. The average Bonchev–Trinajstić information content (AvgIpc) is 2.80. The van der Waals surface area contributed by atoms with Crippen LogP contribution in [0.25, 0.3) is 0 Å². The highest BCUT2D eigenvalue weighted by molar-refractivity contribution is 4.96. The van der Waals surface area contributed by atoms with Crippen LogP contribution in [0, 0.1) is 11.8 Å². The molecule has 1 aliphatic carbocycles. The van der Waals surface area contributed by atoms with Gasteiger partial charge in [0.15, 0.2) is 0 Å². The maximum Gasteiger partial charge on any atom is 0.108 e. The number of rotatable bonds is 3. The molecule has 1 aliphatic rings. The van der Waals surface area contributed by atoms with Crippen LogP contribution >= 0.6 is 0 Å². The lowest BCUT2D eigenvalue weighted by molar-refractivity contribution is 0.127. The van der Waals surface area contributed by atoms with Crippen molar-refractivity contribution >= 4 is 0 Å². The molecule has 1 aromatic rings. The summed E-state index contributed by atoms with van der Waals surface area (Å²) in [6.07, 6.45) is 6.91. The summed E-state index contributed by atoms with van der Waals surface area (Å²) in [6, 6.07) is 0. The second-order valence-corrected chi connectivity index (χ2v) is 4.60. The third-order valence-corrected chi connectivity index (χ3v) is 3.77. The largest absolute Gasteiger partial charge is 0.393 e. The standard InChI is InChI=1S/C12H20N2O/c1-3-14-7-6-13-12(14)8-10-4-5-11(15)9(10)2/h6-7,9-11,15H,3-5,8H2,1-2H3. The van der Waals surface area contributed by atoms with Gasteiger partial charge < -0.3 is 9.67 Å². The number of aliphatic hydroxyl groups is 1. The first-order chi connectivity index (χ1) is 7.22. The molecule has 2 rings (SSSR count). The van der Waals surface area contributed by atoms with Crippen LogP contribution in [0.4, 0.5) is 0 Å². The maximum absolute atomic E-state index is 9.70. The van der Waals surface area contributed by atoms with E-state index in [4.69, 9.17) is 0 Å². The molecule has 1 N–H and O–H groups in total. The smallest absolute Gasteiger partial charge is 0.108 e. The van der Waals surface area contributed by atoms with Crippen LogP contribution in [-0.4, -0.2) is 20.8 Å². The van der Waals surface area contributed by atoms with Crippen molar-refractivity contribution in [2.45, 2.75) is 45.8 Å². The predicted molar refractivity (Wildman–Crippen MR) is 59.5 cm³/mol. The highest BCUT2D eigenvalue weighted by Gasteiger charge is 2.31. The van der Waals surface area contributed by atoms with Gasteiger partial charge in [-0.05, 0) is 31.6 Å². The Bertz CT molecular complexity index is 321. The van der Waals surface area contributed by atoms with Gasteiger partial charge in [-0.15, -0.1) is 0 Å². The van der Waals surface area contributed by atoms with Crippen LogP contribution in [-0.2, 0) is 13.0 Å². The van der Waals surface area contributed by atoms with Gasteiger partial charge in [-0.2, -0.15) is 0 Å². The second-order valence-electron chi connectivity index (χ2n) is 4.60. The van der Waals surface area contributed by atoms with Crippen molar-refractivity contribution in [2.75, 3.05) is 0 Å². The molecule has 0 saturated heterocycles. The Hall–Kier alpha value is -0.830. The van der Waals surface area contributed by atoms with Gasteiger partial charge in [0, 0.05) is 25.4 Å². The quantitative estimate of drug-likeness (QED) is 0.823. The molecule has 3 atom stereocenters. The molecule has 15 heavy (non-hydrogen) atoms. The highest BCUT2D eigenvalue weighted by Crippen LogP contribution is 2.33. The molecule has 1 heterocycles. The van der Waals surface area contributed by atoms with Crippen LogP contribution in [0.15, 0.2) is 12.4 Å². The molecule has 1 saturated carbocycles. The molecule has 0 bridgehead atoms. The van der Waals surface area contributed by atoms with Gasteiger partial charge in [-0.25, -0.2) is 4.98 Å². The van der Waals surface area contributed by atoms with Gasteiger partial charge in [-0.1, -0.05) is 6.92 Å². The lowest BCUT2D eigenvalue weighted by Gasteiger charge is -2.17. The maximum atomic E-state index is 9.70. The molecule has 3 unspecified atom stereocenters. The number of nitrogens with zero attached hydrogens (tertiary/aromatic N) is 2. The van der Waals surface area contributed by atoms with E-state index in [1.54, 1.807) is 0 Å². The van der Waals surface area contributed by atoms with E-state index in [1.165, 1.54) is 5.82 Å². The fourth-order valence-electron chi connectivity index (χ4n) is 2.57. The van der Waals surface area contributed by atoms with Gasteiger partial charge in [0.05, 0.1) is 6.10 Å². The van der Waals surface area contributed by atoms with E-state index < -0.39 is 0 Å². The van der Waals surface area contributed by atoms with Crippen molar-refractivity contribution in [1.82, 2.24) is 9.55 Å².